The predicted octanol–water partition coefficient (Wildman–Crippen LogP) is 6.60. The molecule has 0 saturated heterocycles. The van der Waals surface area contributed by atoms with E-state index in [1.165, 1.54) is 30.0 Å². The Morgan fingerprint density at radius 2 is 1.09 bits per heavy atom. The summed E-state index contributed by atoms with van der Waals surface area (Å²) < 4.78 is 28.0. The summed E-state index contributed by atoms with van der Waals surface area (Å²) in [4.78, 5) is 0. The number of nitriles is 3. The zero-order valence-electron chi connectivity index (χ0n) is 20.2. The molecule has 0 fully saturated rings. The average molecular weight is 465 g/mol. The molecule has 0 aliphatic carbocycles. The van der Waals surface area contributed by atoms with Crippen molar-refractivity contribution in [2.45, 2.75) is 128 Å². The molecule has 0 aromatic carbocycles. The summed E-state index contributed by atoms with van der Waals surface area (Å²) in [5.74, 6) is 0. The van der Waals surface area contributed by atoms with Gasteiger partial charge in [0.25, 0.3) is 0 Å². The van der Waals surface area contributed by atoms with Crippen LogP contribution in [0.25, 0.3) is 0 Å². The van der Waals surface area contributed by atoms with E-state index in [1.807, 2.05) is 0 Å². The first-order valence-corrected chi connectivity index (χ1v) is 14.2. The Labute approximate surface area is 197 Å². The fourth-order valence-electron chi connectivity index (χ4n) is 3.80. The average Bonchev–Trinajstić information content (AvgIpc) is 2.78. The molecule has 0 heterocycles. The third-order valence-electron chi connectivity index (χ3n) is 5.83. The van der Waals surface area contributed by atoms with Gasteiger partial charge < -0.3 is 0 Å². The van der Waals surface area contributed by atoms with Crippen LogP contribution in [-0.4, -0.2) is 31.1 Å². The molecule has 0 amide bonds. The van der Waals surface area contributed by atoms with Crippen molar-refractivity contribution < 1.29 is 8.42 Å². The molecule has 32 heavy (non-hydrogen) atoms. The molecule has 0 N–H and O–H groups in total. The number of hydrogen-bond donors (Lipinski definition) is 0. The molecule has 0 radical (unpaired) electrons. The van der Waals surface area contributed by atoms with Crippen LogP contribution in [0.15, 0.2) is 0 Å². The monoisotopic (exact) mass is 464 g/mol. The highest BCUT2D eigenvalue weighted by Crippen LogP contribution is 2.19. The molecule has 0 aliphatic heterocycles. The normalized spacial score (nSPS) is 12.2. The molecule has 0 saturated carbocycles. The third-order valence-corrected chi connectivity index (χ3v) is 7.97. The van der Waals surface area contributed by atoms with Gasteiger partial charge in [-0.1, -0.05) is 77.6 Å². The van der Waals surface area contributed by atoms with Crippen LogP contribution in [0.1, 0.15) is 122 Å². The lowest BCUT2D eigenvalue weighted by atomic mass is 10.1. The SMILES string of the molecule is CCCCCCCCCC(C#N)S(=O)(=O)N(CCCCCCC#N)CCCCCCC#N. The Morgan fingerprint density at radius 1 is 0.656 bits per heavy atom. The molecule has 6 nitrogen and oxygen atoms in total. The number of unbranched alkanes of at least 4 members (excludes halogenated alkanes) is 14. The Hall–Kier alpha value is -1.62. The van der Waals surface area contributed by atoms with Crippen molar-refractivity contribution in [1.29, 1.82) is 15.8 Å². The van der Waals surface area contributed by atoms with Crippen LogP contribution in [0.5, 0.6) is 0 Å². The molecule has 182 valence electrons. The van der Waals surface area contributed by atoms with E-state index in [9.17, 15) is 13.7 Å². The zero-order valence-corrected chi connectivity index (χ0v) is 21.0. The fraction of sp³-hybridized carbons (Fsp3) is 0.880. The Balaban J connectivity index is 4.70. The number of hydrogen-bond acceptors (Lipinski definition) is 5. The Bertz CT molecular complexity index is 648. The summed E-state index contributed by atoms with van der Waals surface area (Å²) in [7, 11) is -3.64. The van der Waals surface area contributed by atoms with Crippen molar-refractivity contribution in [3.8, 4) is 18.2 Å². The summed E-state index contributed by atoms with van der Waals surface area (Å²) in [6.07, 6.45) is 16.1. The lowest BCUT2D eigenvalue weighted by Crippen LogP contribution is -2.39. The maximum absolute atomic E-state index is 13.2. The lowest BCUT2D eigenvalue weighted by Gasteiger charge is -2.25. The number of sulfonamides is 1. The number of rotatable bonds is 22. The molecule has 0 aromatic rings. The molecule has 1 atom stereocenters. The Morgan fingerprint density at radius 3 is 1.56 bits per heavy atom. The molecule has 0 spiro atoms. The topological polar surface area (TPSA) is 109 Å². The van der Waals surface area contributed by atoms with Gasteiger partial charge in [0, 0.05) is 25.9 Å². The molecule has 0 rings (SSSR count). The van der Waals surface area contributed by atoms with Gasteiger partial charge in [-0.15, -0.1) is 0 Å². The minimum Gasteiger partial charge on any atom is -0.211 e. The summed E-state index contributed by atoms with van der Waals surface area (Å²) in [5, 5.41) is 25.9. The maximum Gasteiger partial charge on any atom is 0.230 e. The first kappa shape index (κ1) is 30.4. The van der Waals surface area contributed by atoms with Gasteiger partial charge in [-0.25, -0.2) is 12.7 Å². The van der Waals surface area contributed by atoms with Gasteiger partial charge in [-0.05, 0) is 32.1 Å². The first-order chi connectivity index (χ1) is 15.5. The van der Waals surface area contributed by atoms with Crippen LogP contribution in [0.3, 0.4) is 0 Å². The molecular formula is C25H44N4O2S. The molecule has 0 aromatic heterocycles. The van der Waals surface area contributed by atoms with Gasteiger partial charge in [-0.2, -0.15) is 15.8 Å². The highest BCUT2D eigenvalue weighted by atomic mass is 32.2. The van der Waals surface area contributed by atoms with Crippen LogP contribution in [0.2, 0.25) is 0 Å². The van der Waals surface area contributed by atoms with Gasteiger partial charge in [0.1, 0.15) is 0 Å². The van der Waals surface area contributed by atoms with Crippen molar-refractivity contribution >= 4 is 10.0 Å². The smallest absolute Gasteiger partial charge is 0.211 e. The van der Waals surface area contributed by atoms with E-state index in [0.717, 1.165) is 70.6 Å². The highest BCUT2D eigenvalue weighted by Gasteiger charge is 2.31. The molecule has 0 bridgehead atoms. The van der Waals surface area contributed by atoms with Gasteiger partial charge in [-0.3, -0.25) is 0 Å². The van der Waals surface area contributed by atoms with Crippen LogP contribution < -0.4 is 0 Å². The highest BCUT2D eigenvalue weighted by molar-refractivity contribution is 7.90. The lowest BCUT2D eigenvalue weighted by molar-refractivity contribution is 0.380. The van der Waals surface area contributed by atoms with E-state index >= 15 is 0 Å². The van der Waals surface area contributed by atoms with E-state index in [1.54, 1.807) is 0 Å². The minimum absolute atomic E-state index is 0.410. The zero-order chi connectivity index (χ0) is 23.9. The summed E-state index contributed by atoms with van der Waals surface area (Å²) >= 11 is 0. The fourth-order valence-corrected chi connectivity index (χ4v) is 5.53. The minimum atomic E-state index is -3.64. The maximum atomic E-state index is 13.2. The van der Waals surface area contributed by atoms with Crippen LogP contribution in [-0.2, 0) is 10.0 Å². The van der Waals surface area contributed by atoms with Gasteiger partial charge in [0.15, 0.2) is 5.25 Å². The van der Waals surface area contributed by atoms with Crippen LogP contribution in [0.4, 0.5) is 0 Å². The first-order valence-electron chi connectivity index (χ1n) is 12.7. The Kier molecular flexibility index (Phi) is 20.2. The molecule has 1 unspecified atom stereocenters. The quantitative estimate of drug-likeness (QED) is 0.168. The van der Waals surface area contributed by atoms with Crippen molar-refractivity contribution in [2.24, 2.45) is 0 Å². The molecule has 0 aliphatic rings. The van der Waals surface area contributed by atoms with Crippen LogP contribution >= 0.6 is 0 Å². The van der Waals surface area contributed by atoms with E-state index in [0.29, 0.717) is 32.4 Å². The number of nitrogens with zero attached hydrogens (tertiary/aromatic N) is 4. The van der Waals surface area contributed by atoms with Crippen LogP contribution in [0, 0.1) is 34.0 Å². The van der Waals surface area contributed by atoms with Crippen molar-refractivity contribution in [2.75, 3.05) is 13.1 Å². The van der Waals surface area contributed by atoms with E-state index < -0.39 is 15.3 Å². The second-order valence-electron chi connectivity index (χ2n) is 8.62. The van der Waals surface area contributed by atoms with E-state index in [-0.39, 0.29) is 0 Å². The second kappa shape index (κ2) is 21.2. The van der Waals surface area contributed by atoms with Gasteiger partial charge in [0.05, 0.1) is 18.2 Å². The summed E-state index contributed by atoms with van der Waals surface area (Å²) in [6, 6.07) is 6.35. The second-order valence-corrected chi connectivity index (χ2v) is 10.7. The summed E-state index contributed by atoms with van der Waals surface area (Å²) in [6.45, 7) is 3.08. The summed E-state index contributed by atoms with van der Waals surface area (Å²) in [5.41, 5.74) is 0. The predicted molar refractivity (Wildman–Crippen MR) is 130 cm³/mol. The molecular weight excluding hydrogens is 420 g/mol. The third kappa shape index (κ3) is 15.2. The van der Waals surface area contributed by atoms with E-state index in [4.69, 9.17) is 10.5 Å². The van der Waals surface area contributed by atoms with E-state index in [2.05, 4.69) is 25.1 Å². The van der Waals surface area contributed by atoms with Gasteiger partial charge >= 0.3 is 0 Å². The van der Waals surface area contributed by atoms with Crippen molar-refractivity contribution in [3.05, 3.63) is 0 Å². The van der Waals surface area contributed by atoms with Gasteiger partial charge in [0.2, 0.25) is 10.0 Å². The molecule has 7 heteroatoms. The van der Waals surface area contributed by atoms with Crippen molar-refractivity contribution in [3.63, 3.8) is 0 Å². The largest absolute Gasteiger partial charge is 0.230 e. The van der Waals surface area contributed by atoms with Crippen molar-refractivity contribution in [1.82, 2.24) is 4.31 Å². The standard InChI is InChI=1S/C25H44N4O2S/c1-2-3-4-5-6-9-14-19-25(24-28)32(30,31)29(22-17-12-7-10-15-20-26)23-18-13-8-11-16-21-27/h25H,2-19,22-23H2,1H3.